The van der Waals surface area contributed by atoms with Gasteiger partial charge < -0.3 is 9.64 Å². The molecule has 0 unspecified atom stereocenters. The van der Waals surface area contributed by atoms with Gasteiger partial charge in [0.1, 0.15) is 6.54 Å². The fourth-order valence-corrected chi connectivity index (χ4v) is 3.58. The largest absolute Gasteiger partial charge is 0.379 e. The number of amides is 1. The van der Waals surface area contributed by atoms with Crippen molar-refractivity contribution in [2.45, 2.75) is 32.0 Å². The van der Waals surface area contributed by atoms with Gasteiger partial charge in [-0.1, -0.05) is 6.07 Å². The zero-order chi connectivity index (χ0) is 17.8. The van der Waals surface area contributed by atoms with E-state index in [0.29, 0.717) is 12.4 Å². The predicted molar refractivity (Wildman–Crippen MR) is 91.8 cm³/mol. The molecule has 138 valence electrons. The maximum atomic E-state index is 12.9. The fourth-order valence-electron chi connectivity index (χ4n) is 3.58. The van der Waals surface area contributed by atoms with E-state index in [2.05, 4.69) is 25.4 Å². The lowest BCUT2D eigenvalue weighted by Crippen LogP contribution is -2.37. The second-order valence-corrected chi connectivity index (χ2v) is 6.64. The fraction of sp³-hybridized carbons (Fsp3) is 0.588. The van der Waals surface area contributed by atoms with Crippen molar-refractivity contribution in [1.29, 1.82) is 0 Å². The molecular formula is C17H23N7O2. The highest BCUT2D eigenvalue weighted by atomic mass is 16.5. The van der Waals surface area contributed by atoms with Gasteiger partial charge in [0.2, 0.25) is 5.91 Å². The van der Waals surface area contributed by atoms with Crippen LogP contribution in [0.3, 0.4) is 0 Å². The van der Waals surface area contributed by atoms with Crippen LogP contribution in [-0.4, -0.2) is 73.7 Å². The first-order chi connectivity index (χ1) is 12.8. The molecule has 4 heterocycles. The Morgan fingerprint density at radius 3 is 2.92 bits per heavy atom. The summed E-state index contributed by atoms with van der Waals surface area (Å²) in [4.78, 5) is 21.5. The number of rotatable bonds is 5. The third-order valence-electron chi connectivity index (χ3n) is 4.96. The average Bonchev–Trinajstić information content (AvgIpc) is 3.33. The van der Waals surface area contributed by atoms with Crippen LogP contribution in [0, 0.1) is 0 Å². The molecule has 9 heteroatoms. The molecule has 2 aliphatic heterocycles. The van der Waals surface area contributed by atoms with Crippen LogP contribution in [0.25, 0.3) is 0 Å². The van der Waals surface area contributed by atoms with Crippen molar-refractivity contribution >= 4 is 5.91 Å². The van der Waals surface area contributed by atoms with Gasteiger partial charge in [-0.25, -0.2) is 4.68 Å². The normalized spacial score (nSPS) is 21.2. The van der Waals surface area contributed by atoms with Crippen LogP contribution in [0.1, 0.15) is 30.4 Å². The minimum absolute atomic E-state index is 0.0358. The summed E-state index contributed by atoms with van der Waals surface area (Å²) in [5, 5.41) is 11.9. The summed E-state index contributed by atoms with van der Waals surface area (Å²) in [6.07, 6.45) is 3.71. The van der Waals surface area contributed by atoms with Crippen molar-refractivity contribution in [2.24, 2.45) is 0 Å². The van der Waals surface area contributed by atoms with Gasteiger partial charge in [-0.3, -0.25) is 14.7 Å². The third kappa shape index (κ3) is 3.73. The lowest BCUT2D eigenvalue weighted by molar-refractivity contribution is -0.133. The van der Waals surface area contributed by atoms with Crippen molar-refractivity contribution in [2.75, 3.05) is 32.8 Å². The van der Waals surface area contributed by atoms with Crippen LogP contribution in [0.2, 0.25) is 0 Å². The second-order valence-electron chi connectivity index (χ2n) is 6.64. The van der Waals surface area contributed by atoms with Crippen LogP contribution < -0.4 is 0 Å². The predicted octanol–water partition coefficient (Wildman–Crippen LogP) is 0.264. The summed E-state index contributed by atoms with van der Waals surface area (Å²) < 4.78 is 6.98. The molecule has 0 aliphatic carbocycles. The number of carbonyl (C=O) groups is 1. The molecule has 2 fully saturated rings. The minimum atomic E-state index is 0.0358. The highest BCUT2D eigenvalue weighted by Gasteiger charge is 2.31. The van der Waals surface area contributed by atoms with Crippen LogP contribution in [0.5, 0.6) is 0 Å². The van der Waals surface area contributed by atoms with Crippen LogP contribution >= 0.6 is 0 Å². The molecule has 2 saturated heterocycles. The number of hydrogen-bond acceptors (Lipinski definition) is 7. The molecule has 2 aliphatic rings. The maximum absolute atomic E-state index is 12.9. The molecule has 4 rings (SSSR count). The van der Waals surface area contributed by atoms with E-state index in [1.54, 1.807) is 10.9 Å². The molecule has 1 atom stereocenters. The molecule has 0 bridgehead atoms. The monoisotopic (exact) mass is 357 g/mol. The summed E-state index contributed by atoms with van der Waals surface area (Å²) in [5.41, 5.74) is 0.948. The van der Waals surface area contributed by atoms with Crippen molar-refractivity contribution in [3.05, 3.63) is 35.9 Å². The Morgan fingerprint density at radius 1 is 1.23 bits per heavy atom. The molecule has 26 heavy (non-hydrogen) atoms. The Hall–Kier alpha value is -2.39. The lowest BCUT2D eigenvalue weighted by atomic mass is 10.1. The summed E-state index contributed by atoms with van der Waals surface area (Å²) in [7, 11) is 0. The SMILES string of the molecule is O=C(Cn1nnnc1CN1CCOCC1)N1CCC[C@@H]1c1ccccn1. The summed E-state index contributed by atoms with van der Waals surface area (Å²) >= 11 is 0. The second kappa shape index (κ2) is 7.88. The number of nitrogens with zero attached hydrogens (tertiary/aromatic N) is 7. The molecule has 2 aromatic rings. The molecular weight excluding hydrogens is 334 g/mol. The van der Waals surface area contributed by atoms with E-state index in [1.807, 2.05) is 23.1 Å². The van der Waals surface area contributed by atoms with E-state index in [9.17, 15) is 4.79 Å². The first kappa shape index (κ1) is 17.0. The molecule has 0 radical (unpaired) electrons. The Balaban J connectivity index is 1.42. The molecule has 0 saturated carbocycles. The Morgan fingerprint density at radius 2 is 2.12 bits per heavy atom. The smallest absolute Gasteiger partial charge is 0.245 e. The molecule has 1 amide bonds. The van der Waals surface area contributed by atoms with Gasteiger partial charge in [-0.2, -0.15) is 0 Å². The molecule has 2 aromatic heterocycles. The number of carbonyl (C=O) groups excluding carboxylic acids is 1. The van der Waals surface area contributed by atoms with E-state index < -0.39 is 0 Å². The average molecular weight is 357 g/mol. The van der Waals surface area contributed by atoms with Gasteiger partial charge in [-0.05, 0) is 35.4 Å². The standard InChI is InChI=1S/C17H23N7O2/c25-17(23-7-3-5-15(23)14-4-1-2-6-18-14)13-24-16(19-20-21-24)12-22-8-10-26-11-9-22/h1-2,4,6,15H,3,5,7-13H2/t15-/m1/s1. The molecule has 0 N–H and O–H groups in total. The van der Waals surface area contributed by atoms with Crippen molar-refractivity contribution in [3.63, 3.8) is 0 Å². The highest BCUT2D eigenvalue weighted by Crippen LogP contribution is 2.30. The number of aromatic nitrogens is 5. The van der Waals surface area contributed by atoms with Gasteiger partial charge in [0.15, 0.2) is 5.82 Å². The minimum Gasteiger partial charge on any atom is -0.379 e. The quantitative estimate of drug-likeness (QED) is 0.758. The lowest BCUT2D eigenvalue weighted by Gasteiger charge is -2.26. The van der Waals surface area contributed by atoms with Crippen LogP contribution in [-0.2, 0) is 22.6 Å². The van der Waals surface area contributed by atoms with Crippen LogP contribution in [0.4, 0.5) is 0 Å². The van der Waals surface area contributed by atoms with Crippen molar-refractivity contribution in [1.82, 2.24) is 35.0 Å². The number of pyridine rings is 1. The van der Waals surface area contributed by atoms with E-state index in [1.165, 1.54) is 0 Å². The number of hydrogen-bond donors (Lipinski definition) is 0. The first-order valence-corrected chi connectivity index (χ1v) is 9.07. The van der Waals surface area contributed by atoms with Gasteiger partial charge in [0.25, 0.3) is 0 Å². The number of tetrazole rings is 1. The Kier molecular flexibility index (Phi) is 5.16. The molecule has 0 spiro atoms. The summed E-state index contributed by atoms with van der Waals surface area (Å²) in [6, 6.07) is 5.88. The topological polar surface area (TPSA) is 89.3 Å². The van der Waals surface area contributed by atoms with E-state index >= 15 is 0 Å². The van der Waals surface area contributed by atoms with Gasteiger partial charge in [0, 0.05) is 25.8 Å². The van der Waals surface area contributed by atoms with Crippen LogP contribution in [0.15, 0.2) is 24.4 Å². The summed E-state index contributed by atoms with van der Waals surface area (Å²) in [5.74, 6) is 0.752. The highest BCUT2D eigenvalue weighted by molar-refractivity contribution is 5.76. The zero-order valence-electron chi connectivity index (χ0n) is 14.7. The van der Waals surface area contributed by atoms with Gasteiger partial charge >= 0.3 is 0 Å². The van der Waals surface area contributed by atoms with Crippen molar-refractivity contribution in [3.8, 4) is 0 Å². The Labute approximate surface area is 151 Å². The maximum Gasteiger partial charge on any atom is 0.245 e. The Bertz CT molecular complexity index is 730. The van der Waals surface area contributed by atoms with E-state index in [0.717, 1.165) is 51.4 Å². The molecule has 9 nitrogen and oxygen atoms in total. The van der Waals surface area contributed by atoms with Gasteiger partial charge in [-0.15, -0.1) is 5.10 Å². The zero-order valence-corrected chi connectivity index (χ0v) is 14.7. The van der Waals surface area contributed by atoms with E-state index in [-0.39, 0.29) is 18.5 Å². The number of likely N-dealkylation sites (tertiary alicyclic amines) is 1. The first-order valence-electron chi connectivity index (χ1n) is 9.07. The summed E-state index contributed by atoms with van der Waals surface area (Å²) in [6.45, 7) is 4.70. The van der Waals surface area contributed by atoms with Crippen molar-refractivity contribution < 1.29 is 9.53 Å². The van der Waals surface area contributed by atoms with E-state index in [4.69, 9.17) is 4.74 Å². The number of ether oxygens (including phenoxy) is 1. The number of morpholine rings is 1. The third-order valence-corrected chi connectivity index (χ3v) is 4.96. The van der Waals surface area contributed by atoms with Gasteiger partial charge in [0.05, 0.1) is 31.5 Å². The molecule has 0 aromatic carbocycles.